The molecule has 0 unspecified atom stereocenters. The lowest BCUT2D eigenvalue weighted by atomic mass is 9.92. The number of hydrogen-bond acceptors (Lipinski definition) is 7. The van der Waals surface area contributed by atoms with Gasteiger partial charge in [-0.15, -0.1) is 0 Å². The van der Waals surface area contributed by atoms with E-state index in [0.29, 0.717) is 22.4 Å². The number of halogens is 2. The SMILES string of the molecule is N#CC1=C(c2ccc(Br)cc2)Nc2c(C#N)c(-c3ccc(Br)cc3)c(C#N)c3c(C#N)c(=N)nc1n23. The smallest absolute Gasteiger partial charge is 0.167 e. The van der Waals surface area contributed by atoms with Gasteiger partial charge in [-0.3, -0.25) is 9.81 Å². The molecule has 0 bridgehead atoms. The molecule has 5 rings (SSSR count). The number of nitrogens with zero attached hydrogens (tertiary/aromatic N) is 6. The van der Waals surface area contributed by atoms with Gasteiger partial charge in [0.05, 0.1) is 16.8 Å². The maximum absolute atomic E-state index is 10.3. The first kappa shape index (κ1) is 23.0. The van der Waals surface area contributed by atoms with Crippen LogP contribution < -0.4 is 10.8 Å². The summed E-state index contributed by atoms with van der Waals surface area (Å²) in [5.41, 5.74) is 1.85. The lowest BCUT2D eigenvalue weighted by Crippen LogP contribution is -2.25. The van der Waals surface area contributed by atoms with Crippen molar-refractivity contribution in [2.75, 3.05) is 5.32 Å². The Morgan fingerprint density at radius 1 is 0.750 bits per heavy atom. The molecule has 8 nitrogen and oxygen atoms in total. The third kappa shape index (κ3) is 3.37. The normalized spacial score (nSPS) is 11.7. The summed E-state index contributed by atoms with van der Waals surface area (Å²) >= 11 is 6.80. The van der Waals surface area contributed by atoms with Gasteiger partial charge in [0, 0.05) is 14.5 Å². The Kier molecular flexibility index (Phi) is 5.63. The Morgan fingerprint density at radius 2 is 1.31 bits per heavy atom. The van der Waals surface area contributed by atoms with Gasteiger partial charge in [-0.1, -0.05) is 56.1 Å². The number of anilines is 1. The number of rotatable bonds is 2. The molecule has 2 aromatic carbocycles. The van der Waals surface area contributed by atoms with Gasteiger partial charge in [0.15, 0.2) is 11.3 Å². The highest BCUT2D eigenvalue weighted by Gasteiger charge is 2.31. The number of allylic oxidation sites excluding steroid dienone is 1. The molecule has 0 saturated heterocycles. The van der Waals surface area contributed by atoms with Crippen LogP contribution in [0.3, 0.4) is 0 Å². The van der Waals surface area contributed by atoms with Gasteiger partial charge in [0.1, 0.15) is 46.8 Å². The molecule has 0 fully saturated rings. The molecule has 0 spiro atoms. The van der Waals surface area contributed by atoms with Gasteiger partial charge >= 0.3 is 0 Å². The number of hydrogen-bond donors (Lipinski definition) is 2. The van der Waals surface area contributed by atoms with Crippen LogP contribution in [0, 0.1) is 50.7 Å². The van der Waals surface area contributed by atoms with Crippen molar-refractivity contribution < 1.29 is 0 Å². The molecular weight excluding hydrogens is 584 g/mol. The van der Waals surface area contributed by atoms with E-state index in [0.717, 1.165) is 8.95 Å². The fraction of sp³-hybridized carbons (Fsp3) is 0. The van der Waals surface area contributed by atoms with Crippen LogP contribution in [0.4, 0.5) is 5.82 Å². The summed E-state index contributed by atoms with van der Waals surface area (Å²) in [4.78, 5) is 4.27. The van der Waals surface area contributed by atoms with Gasteiger partial charge in [0.25, 0.3) is 0 Å². The Hall–Kier alpha value is -4.74. The van der Waals surface area contributed by atoms with Crippen molar-refractivity contribution in [1.29, 1.82) is 26.5 Å². The molecule has 0 amide bonds. The van der Waals surface area contributed by atoms with Crippen molar-refractivity contribution in [1.82, 2.24) is 9.38 Å². The van der Waals surface area contributed by atoms with Gasteiger partial charge in [-0.2, -0.15) is 21.0 Å². The molecule has 36 heavy (non-hydrogen) atoms. The molecule has 168 valence electrons. The molecule has 1 aliphatic heterocycles. The van der Waals surface area contributed by atoms with Crippen molar-refractivity contribution in [3.63, 3.8) is 0 Å². The zero-order valence-corrected chi connectivity index (χ0v) is 21.2. The fourth-order valence-corrected chi connectivity index (χ4v) is 4.75. The van der Waals surface area contributed by atoms with Crippen LogP contribution in [0.5, 0.6) is 0 Å². The standard InChI is InChI=1S/C26H10Br2N8/c27-15-5-1-13(2-6-15)21-17(9-29)23-20(12-32)24(33)35-26-19(11-31)22(14-3-7-16(28)8-4-14)34-25(36(23)26)18(21)10-30/h1-8,33-34H. The minimum Gasteiger partial charge on any atom is -0.338 e. The molecule has 0 saturated carbocycles. The third-order valence-corrected chi connectivity index (χ3v) is 6.81. The highest BCUT2D eigenvalue weighted by molar-refractivity contribution is 9.10. The van der Waals surface area contributed by atoms with E-state index >= 15 is 0 Å². The maximum atomic E-state index is 10.3. The summed E-state index contributed by atoms with van der Waals surface area (Å²) < 4.78 is 3.09. The largest absolute Gasteiger partial charge is 0.338 e. The van der Waals surface area contributed by atoms with E-state index in [4.69, 9.17) is 5.41 Å². The molecule has 0 radical (unpaired) electrons. The second kappa shape index (κ2) is 8.80. The Balaban J connectivity index is 2.03. The number of benzene rings is 2. The van der Waals surface area contributed by atoms with E-state index < -0.39 is 0 Å². The van der Waals surface area contributed by atoms with E-state index in [1.807, 2.05) is 18.2 Å². The minimum absolute atomic E-state index is 0.0394. The average molecular weight is 594 g/mol. The molecule has 0 aliphatic carbocycles. The van der Waals surface area contributed by atoms with Gasteiger partial charge in [-0.25, -0.2) is 4.98 Å². The molecular formula is C26H10Br2N8. The average Bonchev–Trinajstić information content (AvgIpc) is 2.89. The second-order valence-electron chi connectivity index (χ2n) is 7.65. The Morgan fingerprint density at radius 3 is 1.83 bits per heavy atom. The highest BCUT2D eigenvalue weighted by atomic mass is 79.9. The molecule has 3 heterocycles. The topological polar surface area (TPSA) is 148 Å². The van der Waals surface area contributed by atoms with Crippen LogP contribution in [-0.4, -0.2) is 9.38 Å². The predicted octanol–water partition coefficient (Wildman–Crippen LogP) is 5.44. The van der Waals surface area contributed by atoms with Crippen LogP contribution in [0.15, 0.2) is 57.5 Å². The van der Waals surface area contributed by atoms with Crippen molar-refractivity contribution in [3.8, 4) is 35.4 Å². The first-order valence-electron chi connectivity index (χ1n) is 10.3. The minimum atomic E-state index is -0.369. The van der Waals surface area contributed by atoms with E-state index in [9.17, 15) is 21.0 Å². The first-order valence-corrected chi connectivity index (χ1v) is 11.9. The zero-order chi connectivity index (χ0) is 25.6. The molecule has 0 atom stereocenters. The summed E-state index contributed by atoms with van der Waals surface area (Å²) in [5, 5.41) is 52.2. The lowest BCUT2D eigenvalue weighted by molar-refractivity contribution is 0.954. The van der Waals surface area contributed by atoms with Crippen LogP contribution in [0.2, 0.25) is 0 Å². The summed E-state index contributed by atoms with van der Waals surface area (Å²) in [7, 11) is 0. The van der Waals surface area contributed by atoms with Crippen molar-refractivity contribution in [3.05, 3.63) is 91.0 Å². The second-order valence-corrected chi connectivity index (χ2v) is 9.48. The third-order valence-electron chi connectivity index (χ3n) is 5.75. The maximum Gasteiger partial charge on any atom is 0.167 e. The highest BCUT2D eigenvalue weighted by Crippen LogP contribution is 2.41. The van der Waals surface area contributed by atoms with E-state index in [1.165, 1.54) is 4.40 Å². The molecule has 10 heteroatoms. The molecule has 1 aliphatic rings. The lowest BCUT2D eigenvalue weighted by Gasteiger charge is -2.27. The molecule has 4 aromatic rings. The van der Waals surface area contributed by atoms with Crippen molar-refractivity contribution in [2.45, 2.75) is 0 Å². The summed E-state index contributed by atoms with van der Waals surface area (Å²) in [5.74, 6) is 0.318. The Labute approximate surface area is 221 Å². The molecule has 2 N–H and O–H groups in total. The van der Waals surface area contributed by atoms with Crippen LogP contribution in [-0.2, 0) is 0 Å². The number of aromatic nitrogens is 2. The van der Waals surface area contributed by atoms with E-state index in [-0.39, 0.29) is 44.9 Å². The van der Waals surface area contributed by atoms with Gasteiger partial charge in [-0.05, 0) is 35.4 Å². The fourth-order valence-electron chi connectivity index (χ4n) is 4.22. The quantitative estimate of drug-likeness (QED) is 0.316. The number of nitriles is 4. The van der Waals surface area contributed by atoms with Gasteiger partial charge in [0.2, 0.25) is 0 Å². The van der Waals surface area contributed by atoms with Crippen LogP contribution in [0.1, 0.15) is 28.1 Å². The first-order chi connectivity index (χ1) is 17.4. The van der Waals surface area contributed by atoms with E-state index in [2.05, 4.69) is 60.4 Å². The predicted molar refractivity (Wildman–Crippen MR) is 139 cm³/mol. The number of pyridine rings is 1. The van der Waals surface area contributed by atoms with Gasteiger partial charge < -0.3 is 5.32 Å². The molecule has 2 aromatic heterocycles. The number of nitrogens with one attached hydrogen (secondary N) is 2. The monoisotopic (exact) mass is 592 g/mol. The van der Waals surface area contributed by atoms with Crippen molar-refractivity contribution >= 4 is 54.5 Å². The summed E-state index contributed by atoms with van der Waals surface area (Å²) in [6, 6.07) is 22.8. The van der Waals surface area contributed by atoms with E-state index in [1.54, 1.807) is 36.4 Å². The summed E-state index contributed by atoms with van der Waals surface area (Å²) in [6.45, 7) is 0. The Bertz CT molecular complexity index is 1870. The zero-order valence-electron chi connectivity index (χ0n) is 18.1. The summed E-state index contributed by atoms with van der Waals surface area (Å²) in [6.07, 6.45) is 0. The van der Waals surface area contributed by atoms with Crippen LogP contribution in [0.25, 0.3) is 27.9 Å². The van der Waals surface area contributed by atoms with Crippen LogP contribution >= 0.6 is 31.9 Å². The van der Waals surface area contributed by atoms with Crippen molar-refractivity contribution in [2.24, 2.45) is 0 Å².